The molecule has 0 saturated heterocycles. The maximum atomic E-state index is 9.43. The maximum absolute atomic E-state index is 9.43. The molecule has 33 heavy (non-hydrogen) atoms. The van der Waals surface area contributed by atoms with E-state index in [9.17, 15) is 10.1 Å². The predicted molar refractivity (Wildman–Crippen MR) is 124 cm³/mol. The molecule has 1 aliphatic carbocycles. The van der Waals surface area contributed by atoms with Crippen LogP contribution < -0.4 is 10.1 Å². The fraction of sp³-hybridized carbons (Fsp3) is 0.360. The van der Waals surface area contributed by atoms with Crippen molar-refractivity contribution in [2.75, 3.05) is 20.2 Å². The second-order valence-corrected chi connectivity index (χ2v) is 7.78. The van der Waals surface area contributed by atoms with Crippen LogP contribution in [0.3, 0.4) is 0 Å². The Balaban J connectivity index is 0.000000383. The number of aryl methyl sites for hydroxylation is 1. The SMILES string of the molecule is CC(C)Oc1ccc(-c2nc(-c3cccc4c3CCC4)no2)cc1C#N.CNCCOC=O. The number of nitrogens with one attached hydrogen (secondary N) is 1. The normalized spacial score (nSPS) is 11.8. The first kappa shape index (κ1) is 24.0. The lowest BCUT2D eigenvalue weighted by Gasteiger charge is -2.11. The van der Waals surface area contributed by atoms with Crippen molar-refractivity contribution >= 4 is 6.47 Å². The minimum absolute atomic E-state index is 0.00290. The van der Waals surface area contributed by atoms with Crippen LogP contribution in [0.1, 0.15) is 37.0 Å². The zero-order valence-corrected chi connectivity index (χ0v) is 19.1. The summed E-state index contributed by atoms with van der Waals surface area (Å²) in [5.41, 5.74) is 4.89. The van der Waals surface area contributed by atoms with Gasteiger partial charge < -0.3 is 19.3 Å². The Kier molecular flexibility index (Phi) is 8.56. The molecule has 8 nitrogen and oxygen atoms in total. The Bertz CT molecular complexity index is 1120. The minimum Gasteiger partial charge on any atom is -0.490 e. The number of hydrogen-bond acceptors (Lipinski definition) is 8. The number of fused-ring (bicyclic) bond motifs is 1. The van der Waals surface area contributed by atoms with Gasteiger partial charge in [0.1, 0.15) is 18.4 Å². The Hall–Kier alpha value is -3.70. The second-order valence-electron chi connectivity index (χ2n) is 7.78. The summed E-state index contributed by atoms with van der Waals surface area (Å²) in [6.07, 6.45) is 3.33. The van der Waals surface area contributed by atoms with Gasteiger partial charge in [-0.3, -0.25) is 4.79 Å². The first-order valence-electron chi connectivity index (χ1n) is 10.9. The Labute approximate surface area is 193 Å². The van der Waals surface area contributed by atoms with Gasteiger partial charge >= 0.3 is 0 Å². The maximum Gasteiger partial charge on any atom is 0.293 e. The number of benzene rings is 2. The summed E-state index contributed by atoms with van der Waals surface area (Å²) in [5.74, 6) is 1.56. The van der Waals surface area contributed by atoms with Crippen LogP contribution in [-0.2, 0) is 22.4 Å². The summed E-state index contributed by atoms with van der Waals surface area (Å²) in [6.45, 7) is 5.48. The standard InChI is InChI=1S/C21H19N3O2.C4H9NO2/c1-13(2)25-19-10-9-15(11-16(19)12-22)21-23-20(24-26-21)18-8-4-6-14-5-3-7-17(14)18;1-5-2-3-7-4-6/h4,6,8-11,13H,3,5,7H2,1-2H3;4-5H,2-3H2,1H3. The van der Waals surface area contributed by atoms with Gasteiger partial charge in [0.2, 0.25) is 5.82 Å². The van der Waals surface area contributed by atoms with E-state index in [0.717, 1.165) is 24.9 Å². The summed E-state index contributed by atoms with van der Waals surface area (Å²) in [6, 6.07) is 13.8. The summed E-state index contributed by atoms with van der Waals surface area (Å²) >= 11 is 0. The Morgan fingerprint density at radius 3 is 2.85 bits per heavy atom. The number of rotatable bonds is 8. The van der Waals surface area contributed by atoms with Gasteiger partial charge in [0, 0.05) is 17.7 Å². The first-order valence-corrected chi connectivity index (χ1v) is 10.9. The van der Waals surface area contributed by atoms with E-state index in [2.05, 4.69) is 32.3 Å². The average Bonchev–Trinajstić information content (AvgIpc) is 3.49. The molecule has 2 aromatic carbocycles. The highest BCUT2D eigenvalue weighted by molar-refractivity contribution is 5.66. The smallest absolute Gasteiger partial charge is 0.293 e. The molecule has 1 heterocycles. The molecular weight excluding hydrogens is 420 g/mol. The largest absolute Gasteiger partial charge is 0.490 e. The van der Waals surface area contributed by atoms with E-state index < -0.39 is 0 Å². The predicted octanol–water partition coefficient (Wildman–Crippen LogP) is 3.93. The fourth-order valence-electron chi connectivity index (χ4n) is 3.60. The van der Waals surface area contributed by atoms with Crippen LogP contribution in [0.4, 0.5) is 0 Å². The molecule has 0 unspecified atom stereocenters. The molecule has 0 radical (unpaired) electrons. The van der Waals surface area contributed by atoms with E-state index in [1.807, 2.05) is 32.0 Å². The van der Waals surface area contributed by atoms with Crippen LogP contribution in [0.5, 0.6) is 5.75 Å². The van der Waals surface area contributed by atoms with Crippen LogP contribution in [0, 0.1) is 11.3 Å². The highest BCUT2D eigenvalue weighted by Crippen LogP contribution is 2.32. The lowest BCUT2D eigenvalue weighted by Crippen LogP contribution is -2.13. The molecule has 8 heteroatoms. The third-order valence-corrected chi connectivity index (χ3v) is 5.06. The summed E-state index contributed by atoms with van der Waals surface area (Å²) in [5, 5.41) is 16.4. The van der Waals surface area contributed by atoms with E-state index in [-0.39, 0.29) is 6.10 Å². The van der Waals surface area contributed by atoms with Crippen molar-refractivity contribution in [1.29, 1.82) is 5.26 Å². The van der Waals surface area contributed by atoms with E-state index in [4.69, 9.17) is 9.26 Å². The molecule has 1 aliphatic rings. The molecule has 0 bridgehead atoms. The van der Waals surface area contributed by atoms with Crippen molar-refractivity contribution < 1.29 is 18.8 Å². The van der Waals surface area contributed by atoms with Crippen molar-refractivity contribution in [1.82, 2.24) is 15.5 Å². The first-order chi connectivity index (χ1) is 16.1. The van der Waals surface area contributed by atoms with Gasteiger partial charge in [-0.1, -0.05) is 23.4 Å². The lowest BCUT2D eigenvalue weighted by molar-refractivity contribution is -0.128. The minimum atomic E-state index is 0.00290. The van der Waals surface area contributed by atoms with Crippen molar-refractivity contribution in [3.05, 3.63) is 53.1 Å². The molecule has 1 N–H and O–H groups in total. The zero-order chi connectivity index (χ0) is 23.6. The molecule has 4 rings (SSSR count). The van der Waals surface area contributed by atoms with Gasteiger partial charge in [0.25, 0.3) is 12.4 Å². The highest BCUT2D eigenvalue weighted by atomic mass is 16.5. The Morgan fingerprint density at radius 1 is 1.27 bits per heavy atom. The molecule has 0 atom stereocenters. The van der Waals surface area contributed by atoms with Gasteiger partial charge in [-0.25, -0.2) is 0 Å². The molecule has 0 fully saturated rings. The summed E-state index contributed by atoms with van der Waals surface area (Å²) < 4.78 is 15.5. The number of ether oxygens (including phenoxy) is 2. The van der Waals surface area contributed by atoms with E-state index >= 15 is 0 Å². The molecule has 0 amide bonds. The number of hydrogen-bond donors (Lipinski definition) is 1. The van der Waals surface area contributed by atoms with Crippen molar-refractivity contribution in [3.8, 4) is 34.7 Å². The lowest BCUT2D eigenvalue weighted by atomic mass is 10.0. The fourth-order valence-corrected chi connectivity index (χ4v) is 3.60. The molecule has 172 valence electrons. The van der Waals surface area contributed by atoms with E-state index in [1.54, 1.807) is 19.2 Å². The van der Waals surface area contributed by atoms with Gasteiger partial charge in [-0.15, -0.1) is 0 Å². The average molecular weight is 449 g/mol. The van der Waals surface area contributed by atoms with Crippen molar-refractivity contribution in [2.45, 2.75) is 39.2 Å². The van der Waals surface area contributed by atoms with E-state index in [1.165, 1.54) is 17.5 Å². The van der Waals surface area contributed by atoms with Gasteiger partial charge in [-0.05, 0) is 69.5 Å². The van der Waals surface area contributed by atoms with Crippen LogP contribution in [0.2, 0.25) is 0 Å². The van der Waals surface area contributed by atoms with Crippen molar-refractivity contribution in [2.24, 2.45) is 0 Å². The summed E-state index contributed by atoms with van der Waals surface area (Å²) in [7, 11) is 1.80. The third kappa shape index (κ3) is 6.18. The molecule has 0 spiro atoms. The summed E-state index contributed by atoms with van der Waals surface area (Å²) in [4.78, 5) is 14.0. The number of aromatic nitrogens is 2. The third-order valence-electron chi connectivity index (χ3n) is 5.06. The zero-order valence-electron chi connectivity index (χ0n) is 19.1. The molecule has 3 aromatic rings. The van der Waals surface area contributed by atoms with E-state index in [0.29, 0.717) is 41.7 Å². The second kappa shape index (κ2) is 11.8. The number of carbonyl (C=O) groups excluding carboxylic acids is 1. The van der Waals surface area contributed by atoms with Crippen LogP contribution in [-0.4, -0.2) is 42.9 Å². The van der Waals surface area contributed by atoms with Crippen LogP contribution >= 0.6 is 0 Å². The molecule has 1 aromatic heterocycles. The number of nitrogens with zero attached hydrogens (tertiary/aromatic N) is 3. The molecule has 0 aliphatic heterocycles. The molecule has 0 saturated carbocycles. The quantitative estimate of drug-likeness (QED) is 0.408. The number of carbonyl (C=O) groups is 1. The van der Waals surface area contributed by atoms with Gasteiger partial charge in [-0.2, -0.15) is 10.2 Å². The van der Waals surface area contributed by atoms with Crippen molar-refractivity contribution in [3.63, 3.8) is 0 Å². The monoisotopic (exact) mass is 448 g/mol. The van der Waals surface area contributed by atoms with Crippen LogP contribution in [0.15, 0.2) is 40.9 Å². The molecular formula is C25H28N4O4. The van der Waals surface area contributed by atoms with Crippen LogP contribution in [0.25, 0.3) is 22.8 Å². The Morgan fingerprint density at radius 2 is 2.12 bits per heavy atom. The number of likely N-dealkylation sites (N-methyl/N-ethyl adjacent to an activating group) is 1. The topological polar surface area (TPSA) is 110 Å². The number of nitriles is 1. The van der Waals surface area contributed by atoms with Gasteiger partial charge in [0.15, 0.2) is 0 Å². The van der Waals surface area contributed by atoms with Gasteiger partial charge in [0.05, 0.1) is 11.7 Å². The highest BCUT2D eigenvalue weighted by Gasteiger charge is 2.20.